The highest BCUT2D eigenvalue weighted by Gasteiger charge is 2.30. The fourth-order valence-corrected chi connectivity index (χ4v) is 1.83. The van der Waals surface area contributed by atoms with Crippen LogP contribution >= 0.6 is 0 Å². The lowest BCUT2D eigenvalue weighted by atomic mass is 10.1. The van der Waals surface area contributed by atoms with Gasteiger partial charge in [-0.05, 0) is 36.9 Å². The van der Waals surface area contributed by atoms with E-state index in [0.717, 1.165) is 16.5 Å². The van der Waals surface area contributed by atoms with Crippen LogP contribution < -0.4 is 0 Å². The molecule has 90 valence electrons. The Morgan fingerprint density at radius 1 is 1.41 bits per heavy atom. The van der Waals surface area contributed by atoms with Crippen molar-refractivity contribution in [3.63, 3.8) is 0 Å². The van der Waals surface area contributed by atoms with E-state index < -0.39 is 11.6 Å². The fraction of sp³-hybridized carbons (Fsp3) is 0.308. The van der Waals surface area contributed by atoms with E-state index in [2.05, 4.69) is 0 Å². The number of hydrogen-bond acceptors (Lipinski definition) is 2. The standard InChI is InChI=1S/C13H15NO3/c1-9-3-4-10-5-6-14(11(10)7-9)8-13(2,17)12(15)16/h3-7,17H,8H2,1-2H3,(H,15,16). The van der Waals surface area contributed by atoms with Gasteiger partial charge in [-0.3, -0.25) is 0 Å². The highest BCUT2D eigenvalue weighted by Crippen LogP contribution is 2.20. The highest BCUT2D eigenvalue weighted by molar-refractivity contribution is 5.81. The lowest BCUT2D eigenvalue weighted by Crippen LogP contribution is -2.39. The van der Waals surface area contributed by atoms with Crippen LogP contribution in [-0.2, 0) is 11.3 Å². The summed E-state index contributed by atoms with van der Waals surface area (Å²) in [6.45, 7) is 3.32. The fourth-order valence-electron chi connectivity index (χ4n) is 1.83. The predicted molar refractivity (Wildman–Crippen MR) is 64.9 cm³/mol. The Morgan fingerprint density at radius 2 is 2.12 bits per heavy atom. The zero-order valence-corrected chi connectivity index (χ0v) is 9.84. The first-order valence-electron chi connectivity index (χ1n) is 5.41. The van der Waals surface area contributed by atoms with Crippen molar-refractivity contribution in [3.8, 4) is 0 Å². The molecule has 1 heterocycles. The molecule has 4 heteroatoms. The summed E-state index contributed by atoms with van der Waals surface area (Å²) in [6.07, 6.45) is 1.79. The van der Waals surface area contributed by atoms with E-state index in [-0.39, 0.29) is 6.54 Å². The van der Waals surface area contributed by atoms with Crippen molar-refractivity contribution in [2.45, 2.75) is 26.0 Å². The van der Waals surface area contributed by atoms with Crippen LogP contribution in [0.25, 0.3) is 10.9 Å². The summed E-state index contributed by atoms with van der Waals surface area (Å²) in [4.78, 5) is 10.9. The van der Waals surface area contributed by atoms with Crippen molar-refractivity contribution in [1.82, 2.24) is 4.57 Å². The number of aliphatic hydroxyl groups is 1. The van der Waals surface area contributed by atoms with Gasteiger partial charge in [0.2, 0.25) is 0 Å². The third kappa shape index (κ3) is 2.17. The number of aliphatic carboxylic acids is 1. The average molecular weight is 233 g/mol. The quantitative estimate of drug-likeness (QED) is 0.849. The van der Waals surface area contributed by atoms with Gasteiger partial charge in [0, 0.05) is 11.7 Å². The Kier molecular flexibility index (Phi) is 2.67. The van der Waals surface area contributed by atoms with Crippen molar-refractivity contribution in [2.24, 2.45) is 0 Å². The smallest absolute Gasteiger partial charge is 0.337 e. The van der Waals surface area contributed by atoms with E-state index in [1.54, 1.807) is 10.8 Å². The Bertz CT molecular complexity index is 569. The van der Waals surface area contributed by atoms with Crippen LogP contribution in [0.3, 0.4) is 0 Å². The van der Waals surface area contributed by atoms with Crippen molar-refractivity contribution in [2.75, 3.05) is 0 Å². The molecule has 2 aromatic rings. The van der Waals surface area contributed by atoms with E-state index in [1.807, 2.05) is 31.2 Å². The number of aryl methyl sites for hydroxylation is 1. The van der Waals surface area contributed by atoms with E-state index in [9.17, 15) is 9.90 Å². The summed E-state index contributed by atoms with van der Waals surface area (Å²) in [5, 5.41) is 19.7. The number of carboxylic acids is 1. The maximum absolute atomic E-state index is 10.9. The van der Waals surface area contributed by atoms with Crippen LogP contribution in [0.4, 0.5) is 0 Å². The van der Waals surface area contributed by atoms with Crippen molar-refractivity contribution < 1.29 is 15.0 Å². The van der Waals surface area contributed by atoms with E-state index in [0.29, 0.717) is 0 Å². The molecule has 1 aromatic heterocycles. The second-order valence-corrected chi connectivity index (χ2v) is 4.58. The highest BCUT2D eigenvalue weighted by atomic mass is 16.4. The molecular formula is C13H15NO3. The first kappa shape index (κ1) is 11.7. The lowest BCUT2D eigenvalue weighted by molar-refractivity contribution is -0.157. The van der Waals surface area contributed by atoms with Crippen LogP contribution in [0.2, 0.25) is 0 Å². The summed E-state index contributed by atoms with van der Waals surface area (Å²) >= 11 is 0. The van der Waals surface area contributed by atoms with Crippen molar-refractivity contribution in [3.05, 3.63) is 36.0 Å². The third-order valence-corrected chi connectivity index (χ3v) is 2.87. The first-order valence-corrected chi connectivity index (χ1v) is 5.41. The maximum atomic E-state index is 10.9. The molecule has 0 aliphatic rings. The van der Waals surface area contributed by atoms with Gasteiger partial charge in [0.15, 0.2) is 5.60 Å². The van der Waals surface area contributed by atoms with Crippen molar-refractivity contribution >= 4 is 16.9 Å². The second kappa shape index (κ2) is 3.89. The Morgan fingerprint density at radius 3 is 2.76 bits per heavy atom. The minimum absolute atomic E-state index is 0.0370. The molecule has 0 amide bonds. The molecular weight excluding hydrogens is 218 g/mol. The van der Waals surface area contributed by atoms with E-state index in [4.69, 9.17) is 5.11 Å². The minimum atomic E-state index is -1.75. The predicted octanol–water partition coefficient (Wildman–Crippen LogP) is 1.79. The van der Waals surface area contributed by atoms with Crippen LogP contribution in [-0.4, -0.2) is 26.4 Å². The number of fused-ring (bicyclic) bond motifs is 1. The number of hydrogen-bond donors (Lipinski definition) is 2. The molecule has 0 radical (unpaired) electrons. The molecule has 0 saturated heterocycles. The topological polar surface area (TPSA) is 62.5 Å². The molecule has 0 spiro atoms. The third-order valence-electron chi connectivity index (χ3n) is 2.87. The van der Waals surface area contributed by atoms with Crippen LogP contribution in [0.15, 0.2) is 30.5 Å². The summed E-state index contributed by atoms with van der Waals surface area (Å²) in [5.74, 6) is -1.22. The van der Waals surface area contributed by atoms with Gasteiger partial charge >= 0.3 is 5.97 Å². The summed E-state index contributed by atoms with van der Waals surface area (Å²) in [6, 6.07) is 7.87. The number of nitrogens with zero attached hydrogens (tertiary/aromatic N) is 1. The number of benzene rings is 1. The first-order chi connectivity index (χ1) is 7.90. The molecule has 1 aromatic carbocycles. The molecule has 2 N–H and O–H groups in total. The largest absolute Gasteiger partial charge is 0.479 e. The van der Waals surface area contributed by atoms with Gasteiger partial charge in [0.1, 0.15) is 0 Å². The molecule has 2 rings (SSSR count). The van der Waals surface area contributed by atoms with Crippen LogP contribution in [0, 0.1) is 6.92 Å². The van der Waals surface area contributed by atoms with E-state index >= 15 is 0 Å². The maximum Gasteiger partial charge on any atom is 0.337 e. The van der Waals surface area contributed by atoms with Gasteiger partial charge in [0.25, 0.3) is 0 Å². The Labute approximate surface area is 99.1 Å². The van der Waals surface area contributed by atoms with Gasteiger partial charge in [-0.25, -0.2) is 4.79 Å². The SMILES string of the molecule is Cc1ccc2ccn(CC(C)(O)C(=O)O)c2c1. The zero-order chi connectivity index (χ0) is 12.6. The molecule has 0 aliphatic carbocycles. The monoisotopic (exact) mass is 233 g/mol. The molecule has 1 unspecified atom stereocenters. The molecule has 0 bridgehead atoms. The van der Waals surface area contributed by atoms with Gasteiger partial charge in [-0.15, -0.1) is 0 Å². The normalized spacial score (nSPS) is 14.8. The van der Waals surface area contributed by atoms with E-state index in [1.165, 1.54) is 6.92 Å². The molecule has 4 nitrogen and oxygen atoms in total. The molecule has 0 aliphatic heterocycles. The molecule has 1 atom stereocenters. The molecule has 0 saturated carbocycles. The van der Waals surface area contributed by atoms with Gasteiger partial charge in [0.05, 0.1) is 6.54 Å². The van der Waals surface area contributed by atoms with Crippen LogP contribution in [0.5, 0.6) is 0 Å². The number of carboxylic acid groups (broad SMARTS) is 1. The molecule has 0 fully saturated rings. The summed E-state index contributed by atoms with van der Waals surface area (Å²) in [7, 11) is 0. The number of aromatic nitrogens is 1. The van der Waals surface area contributed by atoms with Crippen LogP contribution in [0.1, 0.15) is 12.5 Å². The van der Waals surface area contributed by atoms with Crippen molar-refractivity contribution in [1.29, 1.82) is 0 Å². The Hall–Kier alpha value is -1.81. The number of rotatable bonds is 3. The summed E-state index contributed by atoms with van der Waals surface area (Å²) < 4.78 is 1.76. The van der Waals surface area contributed by atoms with Gasteiger partial charge in [-0.1, -0.05) is 12.1 Å². The Balaban J connectivity index is 2.43. The van der Waals surface area contributed by atoms with Gasteiger partial charge in [-0.2, -0.15) is 0 Å². The summed E-state index contributed by atoms with van der Waals surface area (Å²) in [5.41, 5.74) is 0.286. The van der Waals surface area contributed by atoms with Gasteiger partial charge < -0.3 is 14.8 Å². The minimum Gasteiger partial charge on any atom is -0.479 e. The lowest BCUT2D eigenvalue weighted by Gasteiger charge is -2.19. The number of carbonyl (C=O) groups is 1. The second-order valence-electron chi connectivity index (χ2n) is 4.58. The average Bonchev–Trinajstić information content (AvgIpc) is 2.60. The molecule has 17 heavy (non-hydrogen) atoms. The zero-order valence-electron chi connectivity index (χ0n) is 9.84.